The van der Waals surface area contributed by atoms with Gasteiger partial charge in [0.2, 0.25) is 0 Å². The SMILES string of the molecule is CCCCCCCCCCCCCCCC(=O)O[C@@H](C(C)=O)[C@@H](O)[C@H](O)[C@H](O)CO. The Morgan fingerprint density at radius 3 is 1.57 bits per heavy atom. The minimum absolute atomic E-state index is 0.132. The molecule has 0 saturated heterocycles. The summed E-state index contributed by atoms with van der Waals surface area (Å²) in [7, 11) is 0. The molecule has 7 heteroatoms. The number of carbonyl (C=O) groups is 2. The highest BCUT2D eigenvalue weighted by molar-refractivity contribution is 5.84. The first-order valence-corrected chi connectivity index (χ1v) is 11.7. The van der Waals surface area contributed by atoms with Gasteiger partial charge in [0, 0.05) is 6.42 Å². The molecule has 0 aromatic carbocycles. The predicted molar refractivity (Wildman–Crippen MR) is 116 cm³/mol. The first-order chi connectivity index (χ1) is 14.3. The number of esters is 1. The molecule has 0 aliphatic carbocycles. The van der Waals surface area contributed by atoms with Crippen LogP contribution in [0.25, 0.3) is 0 Å². The molecule has 7 nitrogen and oxygen atoms in total. The molecule has 178 valence electrons. The summed E-state index contributed by atoms with van der Waals surface area (Å²) in [4.78, 5) is 23.6. The van der Waals surface area contributed by atoms with E-state index in [1.807, 2.05) is 0 Å². The normalized spacial score (nSPS) is 15.4. The maximum absolute atomic E-state index is 11.9. The molecule has 0 unspecified atom stereocenters. The highest BCUT2D eigenvalue weighted by atomic mass is 16.6. The van der Waals surface area contributed by atoms with Gasteiger partial charge in [0.15, 0.2) is 11.9 Å². The number of unbranched alkanes of at least 4 members (excludes halogenated alkanes) is 12. The molecular weight excluding hydrogens is 388 g/mol. The highest BCUT2D eigenvalue weighted by Crippen LogP contribution is 2.14. The minimum atomic E-state index is -1.79. The number of aliphatic hydroxyl groups excluding tert-OH is 4. The van der Waals surface area contributed by atoms with E-state index in [0.29, 0.717) is 6.42 Å². The summed E-state index contributed by atoms with van der Waals surface area (Å²) >= 11 is 0. The van der Waals surface area contributed by atoms with Crippen LogP contribution in [-0.2, 0) is 14.3 Å². The van der Waals surface area contributed by atoms with Crippen molar-refractivity contribution in [3.63, 3.8) is 0 Å². The van der Waals surface area contributed by atoms with Gasteiger partial charge in [0.25, 0.3) is 0 Å². The number of Topliss-reactive ketones (excluding diaryl/α,β-unsaturated/α-hetero) is 1. The molecule has 0 bridgehead atoms. The van der Waals surface area contributed by atoms with Crippen molar-refractivity contribution in [2.45, 2.75) is 128 Å². The first kappa shape index (κ1) is 29.0. The maximum Gasteiger partial charge on any atom is 0.306 e. The number of carbonyl (C=O) groups excluding carboxylic acids is 2. The Kier molecular flexibility index (Phi) is 18.1. The number of hydrogen-bond acceptors (Lipinski definition) is 7. The Hall–Kier alpha value is -1.02. The number of rotatable bonds is 20. The second-order valence-electron chi connectivity index (χ2n) is 8.24. The summed E-state index contributed by atoms with van der Waals surface area (Å²) in [6.45, 7) is 2.58. The third-order valence-electron chi connectivity index (χ3n) is 5.38. The maximum atomic E-state index is 11.9. The van der Waals surface area contributed by atoms with E-state index in [1.165, 1.54) is 57.8 Å². The highest BCUT2D eigenvalue weighted by Gasteiger charge is 2.36. The van der Waals surface area contributed by atoms with E-state index in [4.69, 9.17) is 9.84 Å². The lowest BCUT2D eigenvalue weighted by atomic mass is 10.0. The average molecular weight is 433 g/mol. The van der Waals surface area contributed by atoms with Crippen molar-refractivity contribution in [3.8, 4) is 0 Å². The van der Waals surface area contributed by atoms with Crippen LogP contribution in [-0.4, -0.2) is 63.2 Å². The van der Waals surface area contributed by atoms with E-state index in [0.717, 1.165) is 26.2 Å². The molecule has 0 aromatic heterocycles. The Labute approximate surface area is 181 Å². The second-order valence-corrected chi connectivity index (χ2v) is 8.24. The Bertz CT molecular complexity index is 441. The van der Waals surface area contributed by atoms with Crippen molar-refractivity contribution in [3.05, 3.63) is 0 Å². The fourth-order valence-electron chi connectivity index (χ4n) is 3.40. The van der Waals surface area contributed by atoms with Crippen LogP contribution in [0, 0.1) is 0 Å². The lowest BCUT2D eigenvalue weighted by Gasteiger charge is -2.27. The molecule has 30 heavy (non-hydrogen) atoms. The van der Waals surface area contributed by atoms with Crippen molar-refractivity contribution in [2.24, 2.45) is 0 Å². The quantitative estimate of drug-likeness (QED) is 0.172. The molecule has 0 amide bonds. The fraction of sp³-hybridized carbons (Fsp3) is 0.913. The van der Waals surface area contributed by atoms with Gasteiger partial charge in [-0.15, -0.1) is 0 Å². The Balaban J connectivity index is 3.83. The number of ketones is 1. The standard InChI is InChI=1S/C23H44O7/c1-3-4-5-6-7-8-9-10-11-12-13-14-15-16-20(27)30-23(18(2)25)22(29)21(28)19(26)17-24/h19,21-24,26,28-29H,3-17H2,1-2H3/t19-,21-,22+,23+/m1/s1. The van der Waals surface area contributed by atoms with Gasteiger partial charge in [-0.2, -0.15) is 0 Å². The molecule has 0 radical (unpaired) electrons. The molecule has 0 fully saturated rings. The molecule has 0 aliphatic rings. The lowest BCUT2D eigenvalue weighted by molar-refractivity contribution is -0.172. The van der Waals surface area contributed by atoms with Crippen molar-refractivity contribution in [1.29, 1.82) is 0 Å². The monoisotopic (exact) mass is 432 g/mol. The molecule has 0 aromatic rings. The molecule has 0 saturated carbocycles. The average Bonchev–Trinajstić information content (AvgIpc) is 2.73. The van der Waals surface area contributed by atoms with Gasteiger partial charge < -0.3 is 25.2 Å². The van der Waals surface area contributed by atoms with E-state index >= 15 is 0 Å². The summed E-state index contributed by atoms with van der Waals surface area (Å²) in [6.07, 6.45) is 8.87. The summed E-state index contributed by atoms with van der Waals surface area (Å²) < 4.78 is 5.01. The van der Waals surface area contributed by atoms with Crippen molar-refractivity contribution in [2.75, 3.05) is 6.61 Å². The van der Waals surface area contributed by atoms with Gasteiger partial charge >= 0.3 is 5.97 Å². The van der Waals surface area contributed by atoms with Crippen LogP contribution in [0.3, 0.4) is 0 Å². The van der Waals surface area contributed by atoms with Crippen LogP contribution in [0.2, 0.25) is 0 Å². The zero-order valence-corrected chi connectivity index (χ0v) is 18.9. The molecule has 0 heterocycles. The Morgan fingerprint density at radius 2 is 1.17 bits per heavy atom. The van der Waals surface area contributed by atoms with Gasteiger partial charge in [-0.25, -0.2) is 0 Å². The molecule has 4 N–H and O–H groups in total. The van der Waals surface area contributed by atoms with Crippen LogP contribution in [0.4, 0.5) is 0 Å². The zero-order valence-electron chi connectivity index (χ0n) is 18.9. The molecule has 0 rings (SSSR count). The van der Waals surface area contributed by atoms with E-state index in [9.17, 15) is 24.9 Å². The second kappa shape index (κ2) is 18.7. The fourth-order valence-corrected chi connectivity index (χ4v) is 3.40. The first-order valence-electron chi connectivity index (χ1n) is 11.7. The Morgan fingerprint density at radius 1 is 0.733 bits per heavy atom. The van der Waals surface area contributed by atoms with E-state index in [-0.39, 0.29) is 6.42 Å². The van der Waals surface area contributed by atoms with Crippen LogP contribution < -0.4 is 0 Å². The molecule has 4 atom stereocenters. The van der Waals surface area contributed by atoms with Crippen molar-refractivity contribution in [1.82, 2.24) is 0 Å². The lowest BCUT2D eigenvalue weighted by Crippen LogP contribution is -2.49. The third-order valence-corrected chi connectivity index (χ3v) is 5.38. The van der Waals surface area contributed by atoms with Crippen LogP contribution in [0.1, 0.15) is 104 Å². The number of ether oxygens (including phenoxy) is 1. The summed E-state index contributed by atoms with van der Waals surface area (Å²) in [5, 5.41) is 37.9. The van der Waals surface area contributed by atoms with Gasteiger partial charge in [-0.1, -0.05) is 84.0 Å². The molecular formula is C23H44O7. The van der Waals surface area contributed by atoms with Crippen molar-refractivity contribution >= 4 is 11.8 Å². The predicted octanol–water partition coefficient (Wildman–Crippen LogP) is 3.04. The van der Waals surface area contributed by atoms with Crippen LogP contribution >= 0.6 is 0 Å². The summed E-state index contributed by atoms with van der Waals surface area (Å²) in [5.41, 5.74) is 0. The minimum Gasteiger partial charge on any atom is -0.451 e. The molecule has 0 aliphatic heterocycles. The van der Waals surface area contributed by atoms with E-state index in [2.05, 4.69) is 6.92 Å². The third kappa shape index (κ3) is 14.1. The van der Waals surface area contributed by atoms with Gasteiger partial charge in [0.05, 0.1) is 6.61 Å². The molecule has 0 spiro atoms. The summed E-state index contributed by atoms with van der Waals surface area (Å²) in [5.74, 6) is -1.26. The largest absolute Gasteiger partial charge is 0.451 e. The smallest absolute Gasteiger partial charge is 0.306 e. The van der Waals surface area contributed by atoms with Gasteiger partial charge in [0.1, 0.15) is 18.3 Å². The zero-order chi connectivity index (χ0) is 22.8. The number of aliphatic hydroxyl groups is 4. The van der Waals surface area contributed by atoms with Crippen LogP contribution in [0.5, 0.6) is 0 Å². The summed E-state index contributed by atoms with van der Waals surface area (Å²) in [6, 6.07) is 0. The van der Waals surface area contributed by atoms with E-state index < -0.39 is 42.8 Å². The van der Waals surface area contributed by atoms with Crippen molar-refractivity contribution < 1.29 is 34.8 Å². The van der Waals surface area contributed by atoms with Gasteiger partial charge in [-0.3, -0.25) is 9.59 Å². The number of hydrogen-bond donors (Lipinski definition) is 4. The van der Waals surface area contributed by atoms with Gasteiger partial charge in [-0.05, 0) is 13.3 Å². The topological polar surface area (TPSA) is 124 Å². The van der Waals surface area contributed by atoms with Crippen LogP contribution in [0.15, 0.2) is 0 Å². The van der Waals surface area contributed by atoms with E-state index in [1.54, 1.807) is 0 Å².